The third kappa shape index (κ3) is 5.17. The van der Waals surface area contributed by atoms with Crippen LogP contribution in [0.2, 0.25) is 5.02 Å². The summed E-state index contributed by atoms with van der Waals surface area (Å²) in [5.41, 5.74) is 1.22. The van der Waals surface area contributed by atoms with Crippen molar-refractivity contribution in [3.63, 3.8) is 0 Å². The Morgan fingerprint density at radius 1 is 1.26 bits per heavy atom. The van der Waals surface area contributed by atoms with E-state index in [1.54, 1.807) is 18.2 Å². The largest absolute Gasteiger partial charge is 0.371 e. The Kier molecular flexibility index (Phi) is 7.46. The predicted octanol–water partition coefficient (Wildman–Crippen LogP) is 3.13. The van der Waals surface area contributed by atoms with Crippen LogP contribution in [0.25, 0.3) is 0 Å². The Balaban J connectivity index is 2.55. The number of rotatable bonds is 8. The molecule has 104 valence electrons. The zero-order chi connectivity index (χ0) is 14.1. The maximum absolute atomic E-state index is 9.01. The normalized spacial score (nSPS) is 10.7. The first kappa shape index (κ1) is 15.9. The van der Waals surface area contributed by atoms with Crippen molar-refractivity contribution in [3.05, 3.63) is 34.3 Å². The van der Waals surface area contributed by atoms with Gasteiger partial charge in [0.05, 0.1) is 24.8 Å². The predicted molar refractivity (Wildman–Crippen MR) is 72.9 cm³/mol. The number of hydrogen-bond acceptors (Lipinski definition) is 4. The Hall–Kier alpha value is -1.12. The van der Waals surface area contributed by atoms with Crippen LogP contribution in [-0.4, -0.2) is 26.1 Å². The minimum Gasteiger partial charge on any atom is -0.371 e. The number of benzene rings is 1. The molecule has 0 fully saturated rings. The molecule has 1 aromatic rings. The second kappa shape index (κ2) is 8.89. The quantitative estimate of drug-likeness (QED) is 0.688. The molecule has 0 saturated heterocycles. The molecule has 0 radical (unpaired) electrons. The van der Waals surface area contributed by atoms with E-state index in [2.05, 4.69) is 6.07 Å². The van der Waals surface area contributed by atoms with Crippen LogP contribution in [0.1, 0.15) is 25.0 Å². The molecule has 0 aliphatic heterocycles. The van der Waals surface area contributed by atoms with Crippen LogP contribution in [-0.2, 0) is 20.8 Å². The van der Waals surface area contributed by atoms with Gasteiger partial charge in [-0.25, -0.2) is 0 Å². The molecule has 1 rings (SSSR count). The second-order valence-electron chi connectivity index (χ2n) is 3.73. The maximum Gasteiger partial charge on any atom is 0.180 e. The monoisotopic (exact) mass is 283 g/mol. The summed E-state index contributed by atoms with van der Waals surface area (Å²) in [5, 5.41) is 9.54. The Bertz CT molecular complexity index is 425. The molecule has 0 amide bonds. The van der Waals surface area contributed by atoms with Crippen LogP contribution >= 0.6 is 11.6 Å². The number of hydrogen-bond donors (Lipinski definition) is 0. The van der Waals surface area contributed by atoms with Gasteiger partial charge >= 0.3 is 0 Å². The number of ether oxygens (including phenoxy) is 3. The summed E-state index contributed by atoms with van der Waals surface area (Å²) in [7, 11) is 0. The van der Waals surface area contributed by atoms with Gasteiger partial charge in [0.2, 0.25) is 0 Å². The van der Waals surface area contributed by atoms with Gasteiger partial charge in [0, 0.05) is 23.8 Å². The summed E-state index contributed by atoms with van der Waals surface area (Å²) in [6, 6.07) is 7.30. The molecular weight excluding hydrogens is 266 g/mol. The first-order valence-electron chi connectivity index (χ1n) is 6.21. The number of halogens is 1. The van der Waals surface area contributed by atoms with Crippen molar-refractivity contribution >= 4 is 11.6 Å². The topological polar surface area (TPSA) is 51.5 Å². The molecular formula is C14H18ClNO3. The third-order valence-corrected chi connectivity index (χ3v) is 2.80. The molecule has 0 atom stereocenters. The van der Waals surface area contributed by atoms with Gasteiger partial charge in [-0.05, 0) is 26.0 Å². The first-order chi connectivity index (χ1) is 9.22. The molecule has 4 nitrogen and oxygen atoms in total. The van der Waals surface area contributed by atoms with Crippen LogP contribution in [0.15, 0.2) is 18.2 Å². The fraction of sp³-hybridized carbons (Fsp3) is 0.500. The van der Waals surface area contributed by atoms with E-state index in [-0.39, 0.29) is 12.9 Å². The molecule has 0 bridgehead atoms. The summed E-state index contributed by atoms with van der Waals surface area (Å²) < 4.78 is 16.2. The van der Waals surface area contributed by atoms with E-state index in [1.165, 1.54) is 0 Å². The van der Waals surface area contributed by atoms with Crippen molar-refractivity contribution in [2.24, 2.45) is 0 Å². The molecule has 0 unspecified atom stereocenters. The van der Waals surface area contributed by atoms with Gasteiger partial charge in [-0.1, -0.05) is 17.7 Å². The van der Waals surface area contributed by atoms with Crippen LogP contribution < -0.4 is 0 Å². The van der Waals surface area contributed by atoms with Crippen molar-refractivity contribution in [1.82, 2.24) is 0 Å². The Morgan fingerprint density at radius 2 is 1.95 bits per heavy atom. The Morgan fingerprint density at radius 3 is 2.53 bits per heavy atom. The van der Waals surface area contributed by atoms with Gasteiger partial charge in [0.15, 0.2) is 6.29 Å². The van der Waals surface area contributed by atoms with Crippen LogP contribution in [0, 0.1) is 11.3 Å². The lowest BCUT2D eigenvalue weighted by molar-refractivity contribution is -0.169. The van der Waals surface area contributed by atoms with E-state index in [4.69, 9.17) is 31.1 Å². The zero-order valence-electron chi connectivity index (χ0n) is 11.2. The van der Waals surface area contributed by atoms with Crippen molar-refractivity contribution in [2.45, 2.75) is 26.7 Å². The molecule has 5 heteroatoms. The van der Waals surface area contributed by atoms with Crippen molar-refractivity contribution in [3.8, 4) is 6.07 Å². The Labute approximate surface area is 118 Å². The van der Waals surface area contributed by atoms with E-state index in [0.29, 0.717) is 36.0 Å². The summed E-state index contributed by atoms with van der Waals surface area (Å²) in [4.78, 5) is 0. The molecule has 0 aliphatic rings. The molecule has 0 N–H and O–H groups in total. The lowest BCUT2D eigenvalue weighted by Crippen LogP contribution is -2.23. The smallest absolute Gasteiger partial charge is 0.180 e. The van der Waals surface area contributed by atoms with E-state index in [9.17, 15) is 0 Å². The fourth-order valence-corrected chi connectivity index (χ4v) is 1.81. The number of nitriles is 1. The van der Waals surface area contributed by atoms with Gasteiger partial charge in [0.25, 0.3) is 0 Å². The van der Waals surface area contributed by atoms with Crippen molar-refractivity contribution in [1.29, 1.82) is 5.26 Å². The highest BCUT2D eigenvalue weighted by molar-refractivity contribution is 6.31. The lowest BCUT2D eigenvalue weighted by Gasteiger charge is -2.17. The van der Waals surface area contributed by atoms with E-state index in [0.717, 1.165) is 0 Å². The van der Waals surface area contributed by atoms with Crippen LogP contribution in [0.5, 0.6) is 0 Å². The van der Waals surface area contributed by atoms with E-state index in [1.807, 2.05) is 13.8 Å². The highest BCUT2D eigenvalue weighted by Crippen LogP contribution is 2.20. The van der Waals surface area contributed by atoms with E-state index < -0.39 is 0 Å². The van der Waals surface area contributed by atoms with Gasteiger partial charge < -0.3 is 14.2 Å². The zero-order valence-corrected chi connectivity index (χ0v) is 11.9. The molecule has 0 spiro atoms. The molecule has 19 heavy (non-hydrogen) atoms. The maximum atomic E-state index is 9.01. The second-order valence-corrected chi connectivity index (χ2v) is 4.14. The third-order valence-electron chi connectivity index (χ3n) is 2.44. The van der Waals surface area contributed by atoms with Gasteiger partial charge in [0.1, 0.15) is 0 Å². The molecule has 0 heterocycles. The standard InChI is InChI=1S/C14H18ClNO3/c1-3-18-14(19-4-2)10-17-9-12-11(8-16)6-5-7-13(12)15/h5-7,14H,3-4,9-10H2,1-2H3. The molecule has 1 aromatic carbocycles. The molecule has 0 saturated carbocycles. The van der Waals surface area contributed by atoms with Gasteiger partial charge in [-0.3, -0.25) is 0 Å². The SMILES string of the molecule is CCOC(COCc1c(Cl)cccc1C#N)OCC. The summed E-state index contributed by atoms with van der Waals surface area (Å²) in [5.74, 6) is 0. The molecule has 0 aromatic heterocycles. The van der Waals surface area contributed by atoms with Crippen molar-refractivity contribution < 1.29 is 14.2 Å². The average molecular weight is 284 g/mol. The van der Waals surface area contributed by atoms with Crippen LogP contribution in [0.4, 0.5) is 0 Å². The average Bonchev–Trinajstić information content (AvgIpc) is 2.41. The first-order valence-corrected chi connectivity index (χ1v) is 6.59. The minimum absolute atomic E-state index is 0.263. The van der Waals surface area contributed by atoms with Gasteiger partial charge in [-0.15, -0.1) is 0 Å². The summed E-state index contributed by atoms with van der Waals surface area (Å²) in [6.45, 7) is 5.48. The number of nitrogens with zero attached hydrogens (tertiary/aromatic N) is 1. The lowest BCUT2D eigenvalue weighted by atomic mass is 10.1. The highest BCUT2D eigenvalue weighted by Gasteiger charge is 2.11. The molecule has 0 aliphatic carbocycles. The minimum atomic E-state index is -0.386. The highest BCUT2D eigenvalue weighted by atomic mass is 35.5. The fourth-order valence-electron chi connectivity index (χ4n) is 1.58. The summed E-state index contributed by atoms with van der Waals surface area (Å²) in [6.07, 6.45) is -0.386. The van der Waals surface area contributed by atoms with Crippen LogP contribution in [0.3, 0.4) is 0 Å². The van der Waals surface area contributed by atoms with Crippen molar-refractivity contribution in [2.75, 3.05) is 19.8 Å². The van der Waals surface area contributed by atoms with Gasteiger partial charge in [-0.2, -0.15) is 5.26 Å². The summed E-state index contributed by atoms with van der Waals surface area (Å²) >= 11 is 6.05. The van der Waals surface area contributed by atoms with E-state index >= 15 is 0 Å².